The number of hydrogen-bond donors (Lipinski definition) is 2. The van der Waals surface area contributed by atoms with Crippen molar-refractivity contribution in [1.29, 1.82) is 0 Å². The molecule has 1 aromatic rings. The van der Waals surface area contributed by atoms with E-state index in [2.05, 4.69) is 24.5 Å². The van der Waals surface area contributed by atoms with Gasteiger partial charge in [0.2, 0.25) is 0 Å². The van der Waals surface area contributed by atoms with Gasteiger partial charge in [-0.05, 0) is 38.0 Å². The monoisotopic (exact) mass is 268 g/mol. The van der Waals surface area contributed by atoms with Crippen LogP contribution in [0.1, 0.15) is 18.9 Å². The van der Waals surface area contributed by atoms with Crippen molar-refractivity contribution < 1.29 is 4.74 Å². The van der Waals surface area contributed by atoms with E-state index < -0.39 is 0 Å². The summed E-state index contributed by atoms with van der Waals surface area (Å²) in [5.41, 5.74) is 2.34. The van der Waals surface area contributed by atoms with E-state index in [9.17, 15) is 0 Å². The van der Waals surface area contributed by atoms with Gasteiger partial charge in [-0.1, -0.05) is 17.7 Å². The molecule has 1 fully saturated rings. The van der Waals surface area contributed by atoms with Crippen LogP contribution >= 0.6 is 11.6 Å². The third-order valence-electron chi connectivity index (χ3n) is 3.24. The average molecular weight is 269 g/mol. The van der Waals surface area contributed by atoms with Gasteiger partial charge in [-0.2, -0.15) is 0 Å². The molecule has 1 heterocycles. The van der Waals surface area contributed by atoms with E-state index in [0.29, 0.717) is 12.1 Å². The fourth-order valence-electron chi connectivity index (χ4n) is 2.27. The molecule has 1 aromatic carbocycles. The number of anilines is 1. The molecule has 100 valence electrons. The largest absolute Gasteiger partial charge is 0.382 e. The zero-order valence-corrected chi connectivity index (χ0v) is 11.8. The Morgan fingerprint density at radius 2 is 2.39 bits per heavy atom. The minimum Gasteiger partial charge on any atom is -0.382 e. The summed E-state index contributed by atoms with van der Waals surface area (Å²) in [5.74, 6) is 0. The van der Waals surface area contributed by atoms with Crippen molar-refractivity contribution in [2.75, 3.05) is 25.1 Å². The molecule has 1 saturated heterocycles. The first kappa shape index (κ1) is 13.7. The lowest BCUT2D eigenvalue weighted by Gasteiger charge is -2.27. The van der Waals surface area contributed by atoms with Crippen molar-refractivity contribution in [2.45, 2.75) is 32.4 Å². The SMILES string of the molecule is Cc1ccc(Cl)cc1NC(C)CC1COCCN1. The predicted octanol–water partition coefficient (Wildman–Crippen LogP) is 2.83. The van der Waals surface area contributed by atoms with E-state index in [1.807, 2.05) is 18.2 Å². The van der Waals surface area contributed by atoms with Crippen molar-refractivity contribution in [2.24, 2.45) is 0 Å². The maximum absolute atomic E-state index is 6.02. The zero-order chi connectivity index (χ0) is 13.0. The third-order valence-corrected chi connectivity index (χ3v) is 3.47. The van der Waals surface area contributed by atoms with Crippen LogP contribution in [-0.2, 0) is 4.74 Å². The molecule has 4 heteroatoms. The Bertz CT molecular complexity index is 391. The van der Waals surface area contributed by atoms with Crippen molar-refractivity contribution in [1.82, 2.24) is 5.32 Å². The van der Waals surface area contributed by atoms with Crippen molar-refractivity contribution in [3.63, 3.8) is 0 Å². The molecule has 0 saturated carbocycles. The maximum atomic E-state index is 6.02. The van der Waals surface area contributed by atoms with Crippen LogP contribution in [0.4, 0.5) is 5.69 Å². The molecule has 0 aromatic heterocycles. The molecule has 18 heavy (non-hydrogen) atoms. The first-order valence-corrected chi connectivity index (χ1v) is 6.87. The van der Waals surface area contributed by atoms with E-state index in [1.54, 1.807) is 0 Å². The summed E-state index contributed by atoms with van der Waals surface area (Å²) >= 11 is 6.02. The molecule has 0 bridgehead atoms. The van der Waals surface area contributed by atoms with Gasteiger partial charge in [0.15, 0.2) is 0 Å². The Balaban J connectivity index is 1.89. The molecular weight excluding hydrogens is 248 g/mol. The van der Waals surface area contributed by atoms with Crippen LogP contribution in [-0.4, -0.2) is 31.8 Å². The number of rotatable bonds is 4. The highest BCUT2D eigenvalue weighted by molar-refractivity contribution is 6.30. The Labute approximate surface area is 114 Å². The highest BCUT2D eigenvalue weighted by Gasteiger charge is 2.16. The minimum absolute atomic E-state index is 0.390. The van der Waals surface area contributed by atoms with E-state index in [4.69, 9.17) is 16.3 Å². The van der Waals surface area contributed by atoms with E-state index >= 15 is 0 Å². The fraction of sp³-hybridized carbons (Fsp3) is 0.571. The van der Waals surface area contributed by atoms with Gasteiger partial charge in [0.05, 0.1) is 13.2 Å². The van der Waals surface area contributed by atoms with Gasteiger partial charge >= 0.3 is 0 Å². The summed E-state index contributed by atoms with van der Waals surface area (Å²) in [4.78, 5) is 0. The van der Waals surface area contributed by atoms with Crippen LogP contribution in [0.15, 0.2) is 18.2 Å². The van der Waals surface area contributed by atoms with Crippen LogP contribution in [0.25, 0.3) is 0 Å². The Morgan fingerprint density at radius 3 is 3.11 bits per heavy atom. The number of hydrogen-bond acceptors (Lipinski definition) is 3. The molecule has 0 radical (unpaired) electrons. The number of benzene rings is 1. The van der Waals surface area contributed by atoms with Crippen molar-refractivity contribution >= 4 is 17.3 Å². The Kier molecular flexibility index (Phi) is 4.87. The summed E-state index contributed by atoms with van der Waals surface area (Å²) in [6.45, 7) is 6.86. The highest BCUT2D eigenvalue weighted by Crippen LogP contribution is 2.21. The quantitative estimate of drug-likeness (QED) is 0.881. The third kappa shape index (κ3) is 3.87. The van der Waals surface area contributed by atoms with Crippen molar-refractivity contribution in [3.05, 3.63) is 28.8 Å². The Morgan fingerprint density at radius 1 is 1.56 bits per heavy atom. The summed E-state index contributed by atoms with van der Waals surface area (Å²) in [6.07, 6.45) is 1.05. The van der Waals surface area contributed by atoms with Gasteiger partial charge in [0.1, 0.15) is 0 Å². The lowest BCUT2D eigenvalue weighted by atomic mass is 10.1. The van der Waals surface area contributed by atoms with Gasteiger partial charge in [-0.25, -0.2) is 0 Å². The van der Waals surface area contributed by atoms with Gasteiger partial charge in [-0.15, -0.1) is 0 Å². The van der Waals surface area contributed by atoms with Gasteiger partial charge in [0.25, 0.3) is 0 Å². The molecule has 1 aliphatic heterocycles. The van der Waals surface area contributed by atoms with E-state index in [-0.39, 0.29) is 0 Å². The first-order valence-electron chi connectivity index (χ1n) is 6.49. The molecule has 2 rings (SSSR count). The topological polar surface area (TPSA) is 33.3 Å². The van der Waals surface area contributed by atoms with Crippen LogP contribution in [0.2, 0.25) is 5.02 Å². The van der Waals surface area contributed by atoms with Gasteiger partial charge < -0.3 is 15.4 Å². The fourth-order valence-corrected chi connectivity index (χ4v) is 2.44. The number of halogens is 1. The number of ether oxygens (including phenoxy) is 1. The minimum atomic E-state index is 0.390. The number of morpholine rings is 1. The highest BCUT2D eigenvalue weighted by atomic mass is 35.5. The van der Waals surface area contributed by atoms with Crippen LogP contribution in [0.5, 0.6) is 0 Å². The smallest absolute Gasteiger partial charge is 0.0621 e. The molecule has 0 amide bonds. The summed E-state index contributed by atoms with van der Waals surface area (Å²) < 4.78 is 5.46. The van der Waals surface area contributed by atoms with Gasteiger partial charge in [0, 0.05) is 29.3 Å². The van der Waals surface area contributed by atoms with E-state index in [0.717, 1.165) is 36.9 Å². The molecule has 1 aliphatic rings. The zero-order valence-electron chi connectivity index (χ0n) is 11.0. The average Bonchev–Trinajstić information content (AvgIpc) is 2.35. The second-order valence-electron chi connectivity index (χ2n) is 4.97. The summed E-state index contributed by atoms with van der Waals surface area (Å²) in [6, 6.07) is 6.78. The van der Waals surface area contributed by atoms with Crippen molar-refractivity contribution in [3.8, 4) is 0 Å². The lowest BCUT2D eigenvalue weighted by Crippen LogP contribution is -2.43. The second-order valence-corrected chi connectivity index (χ2v) is 5.40. The van der Waals surface area contributed by atoms with E-state index in [1.165, 1.54) is 5.56 Å². The molecular formula is C14H21ClN2O. The predicted molar refractivity (Wildman–Crippen MR) is 76.5 cm³/mol. The summed E-state index contributed by atoms with van der Waals surface area (Å²) in [7, 11) is 0. The normalized spacial score (nSPS) is 21.6. The lowest BCUT2D eigenvalue weighted by molar-refractivity contribution is 0.0731. The molecule has 2 unspecified atom stereocenters. The van der Waals surface area contributed by atoms with Crippen LogP contribution in [0.3, 0.4) is 0 Å². The first-order chi connectivity index (χ1) is 8.65. The van der Waals surface area contributed by atoms with Gasteiger partial charge in [-0.3, -0.25) is 0 Å². The molecule has 0 aliphatic carbocycles. The molecule has 0 spiro atoms. The standard InChI is InChI=1S/C14H21ClN2O/c1-10-3-4-12(15)8-14(10)17-11(2)7-13-9-18-6-5-16-13/h3-4,8,11,13,16-17H,5-7,9H2,1-2H3. The molecule has 2 N–H and O–H groups in total. The van der Waals surface area contributed by atoms with Crippen LogP contribution < -0.4 is 10.6 Å². The number of aryl methyl sites for hydroxylation is 1. The molecule has 2 atom stereocenters. The molecule has 3 nitrogen and oxygen atoms in total. The number of nitrogens with one attached hydrogen (secondary N) is 2. The second kappa shape index (κ2) is 6.41. The summed E-state index contributed by atoms with van der Waals surface area (Å²) in [5, 5.41) is 7.76. The maximum Gasteiger partial charge on any atom is 0.0621 e. The van der Waals surface area contributed by atoms with Crippen LogP contribution in [0, 0.1) is 6.92 Å². The Hall–Kier alpha value is -0.770.